The Bertz CT molecular complexity index is 673. The van der Waals surface area contributed by atoms with Crippen LogP contribution in [-0.4, -0.2) is 35.0 Å². The van der Waals surface area contributed by atoms with Gasteiger partial charge < -0.3 is 10.6 Å². The second-order valence-electron chi connectivity index (χ2n) is 6.26. The van der Waals surface area contributed by atoms with Crippen molar-refractivity contribution in [2.24, 2.45) is 0 Å². The first-order chi connectivity index (χ1) is 11.6. The maximum absolute atomic E-state index is 12.1. The summed E-state index contributed by atoms with van der Waals surface area (Å²) in [5.74, 6) is 0. The van der Waals surface area contributed by atoms with Gasteiger partial charge in [-0.05, 0) is 25.8 Å². The van der Waals surface area contributed by atoms with Gasteiger partial charge in [-0.15, -0.1) is 11.3 Å². The van der Waals surface area contributed by atoms with Gasteiger partial charge in [-0.25, -0.2) is 9.78 Å². The zero-order valence-corrected chi connectivity index (χ0v) is 15.0. The van der Waals surface area contributed by atoms with Crippen molar-refractivity contribution in [2.45, 2.75) is 38.9 Å². The van der Waals surface area contributed by atoms with Crippen LogP contribution >= 0.6 is 11.3 Å². The molecule has 1 aliphatic rings. The highest BCUT2D eigenvalue weighted by Crippen LogP contribution is 2.24. The molecule has 0 bridgehead atoms. The zero-order valence-electron chi connectivity index (χ0n) is 14.2. The highest BCUT2D eigenvalue weighted by atomic mass is 32.1. The van der Waals surface area contributed by atoms with Crippen molar-refractivity contribution in [3.05, 3.63) is 52.0 Å². The summed E-state index contributed by atoms with van der Waals surface area (Å²) in [5, 5.41) is 6.02. The molecule has 2 atom stereocenters. The third-order valence-corrected chi connectivity index (χ3v) is 5.57. The molecule has 0 unspecified atom stereocenters. The molecule has 1 aromatic heterocycles. The highest BCUT2D eigenvalue weighted by molar-refractivity contribution is 7.09. The van der Waals surface area contributed by atoms with E-state index in [1.165, 1.54) is 5.56 Å². The van der Waals surface area contributed by atoms with Crippen LogP contribution in [0.25, 0.3) is 0 Å². The van der Waals surface area contributed by atoms with Crippen LogP contribution in [0.5, 0.6) is 0 Å². The lowest BCUT2D eigenvalue weighted by Gasteiger charge is -2.24. The van der Waals surface area contributed by atoms with Gasteiger partial charge in [-0.1, -0.05) is 30.3 Å². The molecular weight excluding hydrogens is 320 g/mol. The number of benzene rings is 1. The van der Waals surface area contributed by atoms with Gasteiger partial charge in [0.05, 0.1) is 17.7 Å². The molecule has 24 heavy (non-hydrogen) atoms. The molecule has 2 amide bonds. The van der Waals surface area contributed by atoms with Crippen LogP contribution in [0.4, 0.5) is 4.79 Å². The third-order valence-electron chi connectivity index (χ3n) is 4.64. The van der Waals surface area contributed by atoms with E-state index in [2.05, 4.69) is 51.7 Å². The summed E-state index contributed by atoms with van der Waals surface area (Å²) < 4.78 is 0. The monoisotopic (exact) mass is 344 g/mol. The van der Waals surface area contributed by atoms with Gasteiger partial charge in [0.15, 0.2) is 0 Å². The highest BCUT2D eigenvalue weighted by Gasteiger charge is 2.27. The Labute approximate surface area is 147 Å². The number of aromatic nitrogens is 1. The molecule has 1 saturated heterocycles. The van der Waals surface area contributed by atoms with E-state index in [0.29, 0.717) is 12.6 Å². The summed E-state index contributed by atoms with van der Waals surface area (Å²) in [6, 6.07) is 11.0. The van der Waals surface area contributed by atoms with Crippen LogP contribution in [-0.2, 0) is 6.54 Å². The second kappa shape index (κ2) is 7.77. The van der Waals surface area contributed by atoms with Crippen LogP contribution in [0.2, 0.25) is 0 Å². The van der Waals surface area contributed by atoms with Crippen molar-refractivity contribution in [2.75, 3.05) is 13.1 Å². The van der Waals surface area contributed by atoms with E-state index in [4.69, 9.17) is 0 Å². The van der Waals surface area contributed by atoms with Gasteiger partial charge in [0.1, 0.15) is 0 Å². The molecule has 1 aromatic carbocycles. The molecular formula is C18H24N4OS. The van der Waals surface area contributed by atoms with Crippen molar-refractivity contribution >= 4 is 17.4 Å². The number of hydrogen-bond donors (Lipinski definition) is 2. The van der Waals surface area contributed by atoms with Gasteiger partial charge in [0.25, 0.3) is 0 Å². The normalized spacial score (nSPS) is 19.2. The van der Waals surface area contributed by atoms with Crippen molar-refractivity contribution in [3.63, 3.8) is 0 Å². The number of rotatable bonds is 5. The largest absolute Gasteiger partial charge is 0.334 e. The van der Waals surface area contributed by atoms with Gasteiger partial charge in [0.2, 0.25) is 0 Å². The molecule has 0 radical (unpaired) electrons. The van der Waals surface area contributed by atoms with Crippen LogP contribution in [0.1, 0.15) is 35.5 Å². The zero-order chi connectivity index (χ0) is 16.9. The van der Waals surface area contributed by atoms with Crippen LogP contribution in [0.3, 0.4) is 0 Å². The molecule has 2 N–H and O–H groups in total. The predicted octanol–water partition coefficient (Wildman–Crippen LogP) is 3.09. The molecule has 5 nitrogen and oxygen atoms in total. The number of nitrogens with one attached hydrogen (secondary N) is 2. The molecule has 1 fully saturated rings. The second-order valence-corrected chi connectivity index (χ2v) is 7.19. The van der Waals surface area contributed by atoms with E-state index < -0.39 is 0 Å². The number of carbonyl (C=O) groups is 1. The summed E-state index contributed by atoms with van der Waals surface area (Å²) in [4.78, 5) is 19.8. The van der Waals surface area contributed by atoms with E-state index in [0.717, 1.165) is 30.1 Å². The lowest BCUT2D eigenvalue weighted by Crippen LogP contribution is -2.43. The standard InChI is InChI=1S/C18H24N4OS/c1-13-17(24-12-20-13)10-19-18(23)21-16-8-9-22(11-16)14(2)15-6-4-3-5-7-15/h3-7,12,14,16H,8-11H2,1-2H3,(H2,19,21,23)/t14-,16+/m1/s1. The Morgan fingerprint density at radius 1 is 1.42 bits per heavy atom. The van der Waals surface area contributed by atoms with Crippen LogP contribution in [0, 0.1) is 6.92 Å². The lowest BCUT2D eigenvalue weighted by atomic mass is 10.1. The maximum Gasteiger partial charge on any atom is 0.315 e. The van der Waals surface area contributed by atoms with Crippen LogP contribution < -0.4 is 10.6 Å². The van der Waals surface area contributed by atoms with Gasteiger partial charge >= 0.3 is 6.03 Å². The first kappa shape index (κ1) is 16.9. The van der Waals surface area contributed by atoms with E-state index in [-0.39, 0.29) is 12.1 Å². The third kappa shape index (κ3) is 4.13. The maximum atomic E-state index is 12.1. The minimum absolute atomic E-state index is 0.0954. The van der Waals surface area contributed by atoms with E-state index >= 15 is 0 Å². The number of aryl methyl sites for hydroxylation is 1. The number of thiazole rings is 1. The quantitative estimate of drug-likeness (QED) is 0.876. The molecule has 6 heteroatoms. The molecule has 2 heterocycles. The molecule has 0 spiro atoms. The summed E-state index contributed by atoms with van der Waals surface area (Å²) in [7, 11) is 0. The summed E-state index contributed by atoms with van der Waals surface area (Å²) >= 11 is 1.57. The van der Waals surface area contributed by atoms with Crippen molar-refractivity contribution in [1.29, 1.82) is 0 Å². The van der Waals surface area contributed by atoms with Gasteiger partial charge in [0, 0.05) is 30.1 Å². The predicted molar refractivity (Wildman–Crippen MR) is 97.1 cm³/mol. The van der Waals surface area contributed by atoms with E-state index in [1.54, 1.807) is 11.3 Å². The number of carbonyl (C=O) groups excluding carboxylic acids is 1. The van der Waals surface area contributed by atoms with Crippen molar-refractivity contribution in [3.8, 4) is 0 Å². The fraction of sp³-hybridized carbons (Fsp3) is 0.444. The van der Waals surface area contributed by atoms with E-state index in [1.807, 2.05) is 18.5 Å². The Balaban J connectivity index is 1.45. The Morgan fingerprint density at radius 2 is 2.21 bits per heavy atom. The molecule has 0 saturated carbocycles. The first-order valence-electron chi connectivity index (χ1n) is 8.36. The van der Waals surface area contributed by atoms with Crippen LogP contribution in [0.15, 0.2) is 35.8 Å². The van der Waals surface area contributed by atoms with E-state index in [9.17, 15) is 4.79 Å². The van der Waals surface area contributed by atoms with Crippen molar-refractivity contribution < 1.29 is 4.79 Å². The Hall–Kier alpha value is -1.92. The van der Waals surface area contributed by atoms with Crippen molar-refractivity contribution in [1.82, 2.24) is 20.5 Å². The number of hydrogen-bond acceptors (Lipinski definition) is 4. The molecule has 0 aliphatic carbocycles. The Kier molecular flexibility index (Phi) is 5.48. The number of amides is 2. The molecule has 1 aliphatic heterocycles. The molecule has 3 rings (SSSR count). The van der Waals surface area contributed by atoms with Gasteiger partial charge in [-0.2, -0.15) is 0 Å². The summed E-state index contributed by atoms with van der Waals surface area (Å²) in [6.45, 7) is 6.63. The summed E-state index contributed by atoms with van der Waals surface area (Å²) in [6.07, 6.45) is 0.990. The smallest absolute Gasteiger partial charge is 0.315 e. The fourth-order valence-electron chi connectivity index (χ4n) is 3.09. The number of urea groups is 1. The SMILES string of the molecule is Cc1ncsc1CNC(=O)N[C@H]1CCN([C@H](C)c2ccccc2)C1. The van der Waals surface area contributed by atoms with Gasteiger partial charge in [-0.3, -0.25) is 4.90 Å². The minimum atomic E-state index is -0.0954. The topological polar surface area (TPSA) is 57.3 Å². The number of likely N-dealkylation sites (tertiary alicyclic amines) is 1. The average Bonchev–Trinajstić information content (AvgIpc) is 3.22. The molecule has 128 valence electrons. The molecule has 2 aromatic rings. The minimum Gasteiger partial charge on any atom is -0.334 e. The first-order valence-corrected chi connectivity index (χ1v) is 9.24. The Morgan fingerprint density at radius 3 is 2.92 bits per heavy atom. The average molecular weight is 344 g/mol. The summed E-state index contributed by atoms with van der Waals surface area (Å²) in [5.41, 5.74) is 4.12. The lowest BCUT2D eigenvalue weighted by molar-refractivity contribution is 0.231. The number of nitrogens with zero attached hydrogens (tertiary/aromatic N) is 2. The fourth-order valence-corrected chi connectivity index (χ4v) is 3.81.